The second kappa shape index (κ2) is 3.19. The lowest BCUT2D eigenvalue weighted by molar-refractivity contribution is 0.980. The van der Waals surface area contributed by atoms with E-state index in [4.69, 9.17) is 0 Å². The first kappa shape index (κ1) is 9.14. The summed E-state index contributed by atoms with van der Waals surface area (Å²) in [7, 11) is 1.19. The third-order valence-corrected chi connectivity index (χ3v) is 5.94. The van der Waals surface area contributed by atoms with Gasteiger partial charge in [-0.05, 0) is 19.4 Å². The van der Waals surface area contributed by atoms with E-state index in [-0.39, 0.29) is 0 Å². The normalized spacial score (nSPS) is 20.9. The molecule has 1 unspecified atom stereocenters. The van der Waals surface area contributed by atoms with Crippen LogP contribution >= 0.6 is 31.4 Å². The molecule has 4 heteroatoms. The highest BCUT2D eigenvalue weighted by Crippen LogP contribution is 2.46. The van der Waals surface area contributed by atoms with E-state index >= 15 is 0 Å². The summed E-state index contributed by atoms with van der Waals surface area (Å²) in [6, 6.07) is 2.21. The van der Waals surface area contributed by atoms with Crippen LogP contribution in [0.3, 0.4) is 0 Å². The smallest absolute Gasteiger partial charge is 0.0873 e. The fourth-order valence-corrected chi connectivity index (χ4v) is 5.56. The van der Waals surface area contributed by atoms with E-state index in [1.807, 2.05) is 23.1 Å². The number of fused-ring (bicyclic) bond motifs is 3. The van der Waals surface area contributed by atoms with Crippen LogP contribution in [0.4, 0.5) is 0 Å². The van der Waals surface area contributed by atoms with Crippen LogP contribution in [0.5, 0.6) is 0 Å². The molecule has 72 valence electrons. The topological polar surface area (TPSA) is 12.9 Å². The average molecular weight is 239 g/mol. The lowest BCUT2D eigenvalue weighted by Crippen LogP contribution is -1.89. The van der Waals surface area contributed by atoms with Gasteiger partial charge in [-0.15, -0.1) is 23.1 Å². The van der Waals surface area contributed by atoms with Crippen LogP contribution in [0.15, 0.2) is 11.0 Å². The van der Waals surface area contributed by atoms with Gasteiger partial charge in [-0.25, -0.2) is 4.75 Å². The lowest BCUT2D eigenvalue weighted by atomic mass is 10.3. The maximum absolute atomic E-state index is 4.60. The molecule has 0 saturated heterocycles. The first-order chi connectivity index (χ1) is 6.74. The summed E-state index contributed by atoms with van der Waals surface area (Å²) in [5.74, 6) is 0. The molecule has 3 rings (SSSR count). The van der Waals surface area contributed by atoms with E-state index in [2.05, 4.69) is 24.7 Å². The molecule has 0 fully saturated rings. The lowest BCUT2D eigenvalue weighted by Gasteiger charge is -1.97. The van der Waals surface area contributed by atoms with Crippen molar-refractivity contribution in [1.29, 1.82) is 0 Å². The van der Waals surface area contributed by atoms with Gasteiger partial charge in [0.2, 0.25) is 0 Å². The van der Waals surface area contributed by atoms with Crippen LogP contribution in [-0.4, -0.2) is 10.00 Å². The van der Waals surface area contributed by atoms with E-state index in [9.17, 15) is 0 Å². The molecular formula is C10H10NPS2. The molecule has 1 aliphatic heterocycles. The Morgan fingerprint density at radius 3 is 3.29 bits per heavy atom. The van der Waals surface area contributed by atoms with Crippen molar-refractivity contribution in [2.24, 2.45) is 0 Å². The Kier molecular flexibility index (Phi) is 2.08. The molecule has 2 aromatic rings. The molecule has 1 nitrogen and oxygen atoms in total. The molecule has 0 aliphatic carbocycles. The molecule has 0 spiro atoms. The minimum Gasteiger partial charge on any atom is -0.226 e. The maximum atomic E-state index is 4.60. The maximum Gasteiger partial charge on any atom is 0.0873 e. The standard InChI is InChI=1S/C10H10NPS2/c1-5-3-7-9(13-5)10-8(12-11-7)4-6(2)14-10/h3,6H,4H2,1-2H3. The monoisotopic (exact) mass is 239 g/mol. The minimum atomic E-state index is 0.746. The summed E-state index contributed by atoms with van der Waals surface area (Å²) >= 11 is 3.92. The van der Waals surface area contributed by atoms with Gasteiger partial charge in [0, 0.05) is 28.7 Å². The van der Waals surface area contributed by atoms with Crippen molar-refractivity contribution in [3.05, 3.63) is 16.2 Å². The first-order valence-electron chi connectivity index (χ1n) is 4.66. The van der Waals surface area contributed by atoms with E-state index < -0.39 is 0 Å². The van der Waals surface area contributed by atoms with Gasteiger partial charge in [-0.1, -0.05) is 6.92 Å². The van der Waals surface area contributed by atoms with Crippen molar-refractivity contribution >= 4 is 41.7 Å². The van der Waals surface area contributed by atoms with Crippen LogP contribution < -0.4 is 0 Å². The Balaban J connectivity index is 2.32. The van der Waals surface area contributed by atoms with Crippen LogP contribution in [0.1, 0.15) is 17.1 Å². The molecule has 0 amide bonds. The number of rotatable bonds is 0. The van der Waals surface area contributed by atoms with Gasteiger partial charge in [0.15, 0.2) is 0 Å². The number of thiophene rings is 1. The fourth-order valence-electron chi connectivity index (χ4n) is 1.80. The second-order valence-electron chi connectivity index (χ2n) is 3.68. The molecule has 0 aromatic carbocycles. The van der Waals surface area contributed by atoms with Crippen molar-refractivity contribution in [1.82, 2.24) is 4.75 Å². The van der Waals surface area contributed by atoms with Crippen molar-refractivity contribution in [3.63, 3.8) is 0 Å². The van der Waals surface area contributed by atoms with Gasteiger partial charge in [0.05, 0.1) is 10.2 Å². The Morgan fingerprint density at radius 2 is 2.43 bits per heavy atom. The van der Waals surface area contributed by atoms with E-state index in [0.29, 0.717) is 0 Å². The van der Waals surface area contributed by atoms with Gasteiger partial charge >= 0.3 is 0 Å². The quantitative estimate of drug-likeness (QED) is 0.682. The number of aromatic nitrogens is 1. The predicted molar refractivity (Wildman–Crippen MR) is 65.9 cm³/mol. The number of nitrogens with zero attached hydrogens (tertiary/aromatic N) is 1. The Labute approximate surface area is 93.1 Å². The zero-order valence-electron chi connectivity index (χ0n) is 8.07. The highest BCUT2D eigenvalue weighted by molar-refractivity contribution is 8.00. The third kappa shape index (κ3) is 1.30. The van der Waals surface area contributed by atoms with Crippen molar-refractivity contribution < 1.29 is 0 Å². The Bertz CT molecular complexity index is 506. The van der Waals surface area contributed by atoms with Crippen LogP contribution in [0, 0.1) is 6.92 Å². The number of aryl methyl sites for hydroxylation is 1. The molecule has 1 atom stereocenters. The minimum absolute atomic E-state index is 0.746. The van der Waals surface area contributed by atoms with E-state index in [1.165, 1.54) is 40.1 Å². The molecule has 0 radical (unpaired) electrons. The molecule has 0 N–H and O–H groups in total. The summed E-state index contributed by atoms with van der Waals surface area (Å²) in [5, 5.41) is 2.29. The van der Waals surface area contributed by atoms with Crippen LogP contribution in [0.2, 0.25) is 0 Å². The van der Waals surface area contributed by atoms with Gasteiger partial charge in [0.1, 0.15) is 0 Å². The first-order valence-corrected chi connectivity index (χ1v) is 7.21. The molecule has 0 saturated carbocycles. The zero-order chi connectivity index (χ0) is 9.71. The molecular weight excluding hydrogens is 229 g/mol. The van der Waals surface area contributed by atoms with Crippen LogP contribution in [-0.2, 0) is 6.42 Å². The van der Waals surface area contributed by atoms with Gasteiger partial charge < -0.3 is 0 Å². The third-order valence-electron chi connectivity index (χ3n) is 2.38. The summed E-state index contributed by atoms with van der Waals surface area (Å²) < 4.78 is 6.02. The second-order valence-corrected chi connectivity index (χ2v) is 7.32. The largest absolute Gasteiger partial charge is 0.226 e. The van der Waals surface area contributed by atoms with Crippen molar-refractivity contribution in [2.75, 3.05) is 0 Å². The summed E-state index contributed by atoms with van der Waals surface area (Å²) in [6.45, 7) is 4.47. The molecule has 0 bridgehead atoms. The van der Waals surface area contributed by atoms with Crippen molar-refractivity contribution in [3.8, 4) is 0 Å². The number of hydrogen-bond acceptors (Lipinski definition) is 3. The SMILES string of the molecule is Cc1cc2npc3c(c2s1)SC(C)C3. The predicted octanol–water partition coefficient (Wildman–Crippen LogP) is 4.22. The number of thioether (sulfide) groups is 1. The van der Waals surface area contributed by atoms with Gasteiger partial charge in [-0.2, -0.15) is 0 Å². The van der Waals surface area contributed by atoms with Crippen LogP contribution in [0.25, 0.3) is 10.2 Å². The molecule has 3 heterocycles. The van der Waals surface area contributed by atoms with E-state index in [1.54, 1.807) is 0 Å². The highest BCUT2D eigenvalue weighted by Gasteiger charge is 2.22. The highest BCUT2D eigenvalue weighted by atomic mass is 32.2. The Hall–Kier alpha value is -0.110. The average Bonchev–Trinajstić information content (AvgIpc) is 2.65. The summed E-state index contributed by atoms with van der Waals surface area (Å²) in [5.41, 5.74) is 1.22. The van der Waals surface area contributed by atoms with Gasteiger partial charge in [0.25, 0.3) is 0 Å². The Morgan fingerprint density at radius 1 is 1.57 bits per heavy atom. The van der Waals surface area contributed by atoms with E-state index in [0.717, 1.165) is 5.25 Å². The molecule has 14 heavy (non-hydrogen) atoms. The number of hydrogen-bond donors (Lipinski definition) is 0. The van der Waals surface area contributed by atoms with Gasteiger partial charge in [-0.3, -0.25) is 0 Å². The fraction of sp³-hybridized carbons (Fsp3) is 0.400. The summed E-state index contributed by atoms with van der Waals surface area (Å²) in [6.07, 6.45) is 1.22. The van der Waals surface area contributed by atoms with Crippen molar-refractivity contribution in [2.45, 2.75) is 30.4 Å². The molecule has 1 aliphatic rings. The summed E-state index contributed by atoms with van der Waals surface area (Å²) in [4.78, 5) is 2.91. The zero-order valence-corrected chi connectivity index (χ0v) is 10.6. The molecule has 2 aromatic heterocycles.